The molecule has 2 unspecified atom stereocenters. The molecule has 14 heteroatoms. The van der Waals surface area contributed by atoms with Gasteiger partial charge in [0.1, 0.15) is 27.2 Å². The molecule has 3 aromatic carbocycles. The average molecular weight is 657 g/mol. The number of hydrogen-bond donors (Lipinski definition) is 2. The van der Waals surface area contributed by atoms with Gasteiger partial charge in [0.15, 0.2) is 23.3 Å². The summed E-state index contributed by atoms with van der Waals surface area (Å²) in [5.41, 5.74) is 1.24. The van der Waals surface area contributed by atoms with Gasteiger partial charge in [0.25, 0.3) is 0 Å². The van der Waals surface area contributed by atoms with E-state index in [1.165, 1.54) is 6.07 Å². The van der Waals surface area contributed by atoms with Gasteiger partial charge in [-0.3, -0.25) is 4.79 Å². The molecular weight excluding hydrogens is 623 g/mol. The summed E-state index contributed by atoms with van der Waals surface area (Å²) in [6, 6.07) is 10.6. The van der Waals surface area contributed by atoms with Crippen LogP contribution in [0.3, 0.4) is 0 Å². The van der Waals surface area contributed by atoms with Crippen molar-refractivity contribution in [3.8, 4) is 5.75 Å². The Morgan fingerprint density at radius 1 is 0.956 bits per heavy atom. The van der Waals surface area contributed by atoms with Crippen molar-refractivity contribution >= 4 is 28.5 Å². The average Bonchev–Trinajstić information content (AvgIpc) is 3.58. The van der Waals surface area contributed by atoms with Crippen LogP contribution in [0.5, 0.6) is 5.75 Å². The van der Waals surface area contributed by atoms with E-state index < -0.39 is 74.7 Å². The predicted molar refractivity (Wildman–Crippen MR) is 157 cm³/mol. The standard InChI is InChI=1S/C29H27F5N2O6S.C2H6/c1-2-10-35(43(41)28-26(33)24(31)23(30)25(32)27(28)34)14-22(38)36(19-7-8-20(29(39)40)21(37)12-19)13-16-3-5-17(6-4-16)18-9-11-42-15-18;1-2/h3-8,12,18,37H,2,9-11,13-15H2,1H3,(H,39,40);1-2H3. The van der Waals surface area contributed by atoms with E-state index in [1.807, 2.05) is 26.0 Å². The van der Waals surface area contributed by atoms with Crippen molar-refractivity contribution in [2.24, 2.45) is 0 Å². The zero-order chi connectivity index (χ0) is 33.4. The largest absolute Gasteiger partial charge is 0.507 e. The molecule has 45 heavy (non-hydrogen) atoms. The minimum Gasteiger partial charge on any atom is -0.507 e. The number of aromatic hydroxyl groups is 1. The number of hydrogen-bond acceptors (Lipinski definition) is 5. The van der Waals surface area contributed by atoms with Crippen LogP contribution < -0.4 is 4.90 Å². The summed E-state index contributed by atoms with van der Waals surface area (Å²) < 4.78 is 89.6. The van der Waals surface area contributed by atoms with Crippen LogP contribution in [0.25, 0.3) is 0 Å². The summed E-state index contributed by atoms with van der Waals surface area (Å²) >= 11 is 0. The van der Waals surface area contributed by atoms with Gasteiger partial charge in [0.05, 0.1) is 19.7 Å². The Hall–Kier alpha value is -3.88. The number of rotatable bonds is 11. The van der Waals surface area contributed by atoms with Crippen LogP contribution in [0.4, 0.5) is 27.6 Å². The molecular formula is C31H33F5N2O6S. The van der Waals surface area contributed by atoms with Gasteiger partial charge in [-0.15, -0.1) is 0 Å². The second kappa shape index (κ2) is 15.9. The van der Waals surface area contributed by atoms with Crippen molar-refractivity contribution < 1.29 is 50.7 Å². The first-order valence-electron chi connectivity index (χ1n) is 14.2. The van der Waals surface area contributed by atoms with Gasteiger partial charge >= 0.3 is 5.97 Å². The monoisotopic (exact) mass is 656 g/mol. The molecule has 1 heterocycles. The Kier molecular flexibility index (Phi) is 12.6. The van der Waals surface area contributed by atoms with Crippen LogP contribution in [-0.4, -0.2) is 56.9 Å². The topological polar surface area (TPSA) is 107 Å². The third-order valence-corrected chi connectivity index (χ3v) is 8.40. The van der Waals surface area contributed by atoms with E-state index in [2.05, 4.69) is 0 Å². The lowest BCUT2D eigenvalue weighted by molar-refractivity contribution is -0.118. The van der Waals surface area contributed by atoms with Crippen molar-refractivity contribution in [1.82, 2.24) is 4.31 Å². The van der Waals surface area contributed by atoms with Crippen molar-refractivity contribution in [1.29, 1.82) is 0 Å². The maximum Gasteiger partial charge on any atom is 0.339 e. The first-order valence-corrected chi connectivity index (χ1v) is 15.3. The van der Waals surface area contributed by atoms with Gasteiger partial charge in [-0.25, -0.2) is 35.3 Å². The van der Waals surface area contributed by atoms with Gasteiger partial charge in [-0.1, -0.05) is 45.0 Å². The molecule has 0 aliphatic carbocycles. The Morgan fingerprint density at radius 2 is 1.56 bits per heavy atom. The molecule has 1 fully saturated rings. The number of carbonyl (C=O) groups excluding carboxylic acids is 1. The van der Waals surface area contributed by atoms with Gasteiger partial charge < -0.3 is 19.8 Å². The highest BCUT2D eigenvalue weighted by atomic mass is 32.2. The molecule has 0 spiro atoms. The fourth-order valence-electron chi connectivity index (χ4n) is 4.64. The number of ether oxygens (including phenoxy) is 1. The maximum absolute atomic E-state index is 14.5. The molecule has 4 rings (SSSR count). The predicted octanol–water partition coefficient (Wildman–Crippen LogP) is 6.28. The lowest BCUT2D eigenvalue weighted by Gasteiger charge is -2.27. The summed E-state index contributed by atoms with van der Waals surface area (Å²) in [5, 5.41) is 19.6. The fraction of sp³-hybridized carbons (Fsp3) is 0.355. The highest BCUT2D eigenvalue weighted by molar-refractivity contribution is 7.82. The van der Waals surface area contributed by atoms with Crippen LogP contribution in [-0.2, 0) is 27.1 Å². The third-order valence-electron chi connectivity index (χ3n) is 6.91. The molecule has 0 saturated carbocycles. The van der Waals surface area contributed by atoms with Crippen molar-refractivity contribution in [3.05, 3.63) is 88.2 Å². The van der Waals surface area contributed by atoms with Crippen LogP contribution in [0, 0.1) is 29.1 Å². The molecule has 244 valence electrons. The fourth-order valence-corrected chi connectivity index (χ4v) is 5.96. The zero-order valence-corrected chi connectivity index (χ0v) is 25.6. The van der Waals surface area contributed by atoms with Crippen molar-refractivity contribution in [2.75, 3.05) is 31.2 Å². The third kappa shape index (κ3) is 8.05. The molecule has 0 bridgehead atoms. The summed E-state index contributed by atoms with van der Waals surface area (Å²) in [5.74, 6) is -14.2. The van der Waals surface area contributed by atoms with E-state index in [-0.39, 0.29) is 31.1 Å². The highest BCUT2D eigenvalue weighted by Crippen LogP contribution is 2.30. The van der Waals surface area contributed by atoms with Gasteiger partial charge in [0.2, 0.25) is 11.7 Å². The summed E-state index contributed by atoms with van der Waals surface area (Å²) in [6.07, 6.45) is 1.04. The highest BCUT2D eigenvalue weighted by Gasteiger charge is 2.33. The number of anilines is 1. The first kappa shape index (κ1) is 35.6. The van der Waals surface area contributed by atoms with Crippen LogP contribution in [0.2, 0.25) is 0 Å². The quantitative estimate of drug-likeness (QED) is 0.143. The number of carboxylic acids is 1. The van der Waals surface area contributed by atoms with E-state index >= 15 is 0 Å². The van der Waals surface area contributed by atoms with Gasteiger partial charge in [-0.05, 0) is 36.1 Å². The molecule has 3 aromatic rings. The zero-order valence-electron chi connectivity index (χ0n) is 24.8. The minimum atomic E-state index is -2.98. The van der Waals surface area contributed by atoms with E-state index in [1.54, 1.807) is 19.1 Å². The number of carbonyl (C=O) groups is 2. The lowest BCUT2D eigenvalue weighted by atomic mass is 9.97. The Morgan fingerprint density at radius 3 is 2.07 bits per heavy atom. The molecule has 0 aromatic heterocycles. The normalized spacial score (nSPS) is 15.0. The number of amides is 1. The molecule has 1 saturated heterocycles. The van der Waals surface area contributed by atoms with Crippen molar-refractivity contribution in [3.63, 3.8) is 0 Å². The molecule has 0 radical (unpaired) electrons. The number of carboxylic acid groups (broad SMARTS) is 1. The lowest BCUT2D eigenvalue weighted by Crippen LogP contribution is -2.41. The second-order valence-corrected chi connectivity index (χ2v) is 11.2. The van der Waals surface area contributed by atoms with Gasteiger partial charge in [-0.2, -0.15) is 0 Å². The van der Waals surface area contributed by atoms with Crippen LogP contribution >= 0.6 is 0 Å². The molecule has 8 nitrogen and oxygen atoms in total. The Labute approximate surface area is 259 Å². The van der Waals surface area contributed by atoms with E-state index in [9.17, 15) is 46.0 Å². The Bertz CT molecular complexity index is 1520. The molecule has 1 aliphatic heterocycles. The second-order valence-electron chi connectivity index (χ2n) is 9.80. The number of halogens is 5. The van der Waals surface area contributed by atoms with Crippen LogP contribution in [0.1, 0.15) is 61.0 Å². The summed E-state index contributed by atoms with van der Waals surface area (Å²) in [6.45, 7) is 5.66. The van der Waals surface area contributed by atoms with E-state index in [0.29, 0.717) is 18.8 Å². The Balaban J connectivity index is 0.00000271. The SMILES string of the molecule is CC.CCCN(CC(=O)N(Cc1ccc(C2CCOC2)cc1)c1ccc(C(=O)O)c(O)c1)S(=O)c1c(F)c(F)c(F)c(F)c1F. The molecule has 2 N–H and O–H groups in total. The minimum absolute atomic E-state index is 0.0410. The number of phenols is 1. The van der Waals surface area contributed by atoms with E-state index in [4.69, 9.17) is 4.74 Å². The summed E-state index contributed by atoms with van der Waals surface area (Å²) in [4.78, 5) is 24.6. The molecule has 1 amide bonds. The van der Waals surface area contributed by atoms with Crippen molar-refractivity contribution in [2.45, 2.75) is 51.0 Å². The smallest absolute Gasteiger partial charge is 0.339 e. The van der Waals surface area contributed by atoms with Crippen LogP contribution in [0.15, 0.2) is 47.4 Å². The maximum atomic E-state index is 14.5. The molecule has 2 atom stereocenters. The molecule has 1 aliphatic rings. The number of benzene rings is 3. The number of aromatic carboxylic acids is 1. The summed E-state index contributed by atoms with van der Waals surface area (Å²) in [7, 11) is -2.98. The van der Waals surface area contributed by atoms with Gasteiger partial charge in [0, 0.05) is 30.8 Å². The number of nitrogens with zero attached hydrogens (tertiary/aromatic N) is 2. The first-order chi connectivity index (χ1) is 21.4. The van der Waals surface area contributed by atoms with E-state index in [0.717, 1.165) is 33.3 Å².